The molecule has 2 heterocycles. The first-order valence-corrected chi connectivity index (χ1v) is 10.2. The molecule has 0 unspecified atom stereocenters. The zero-order chi connectivity index (χ0) is 22.0. The highest BCUT2D eigenvalue weighted by Crippen LogP contribution is 2.41. The van der Waals surface area contributed by atoms with E-state index in [2.05, 4.69) is 14.9 Å². The third kappa shape index (κ3) is 4.32. The minimum absolute atomic E-state index is 0.102. The third-order valence-corrected chi connectivity index (χ3v) is 5.84. The van der Waals surface area contributed by atoms with Gasteiger partial charge in [-0.3, -0.25) is 9.69 Å². The summed E-state index contributed by atoms with van der Waals surface area (Å²) in [6.45, 7) is 3.66. The predicted octanol–water partition coefficient (Wildman–Crippen LogP) is 3.62. The van der Waals surface area contributed by atoms with Gasteiger partial charge in [-0.1, -0.05) is 30.3 Å². The molecule has 0 amide bonds. The van der Waals surface area contributed by atoms with Gasteiger partial charge in [-0.15, -0.1) is 0 Å². The summed E-state index contributed by atoms with van der Waals surface area (Å²) < 4.78 is 25.7. The van der Waals surface area contributed by atoms with Crippen LogP contribution < -0.4 is 15.0 Å². The predicted molar refractivity (Wildman–Crippen MR) is 116 cm³/mol. The molecule has 0 spiro atoms. The molecule has 0 aliphatic carbocycles. The fourth-order valence-corrected chi connectivity index (χ4v) is 4.52. The van der Waals surface area contributed by atoms with Crippen molar-refractivity contribution in [2.45, 2.75) is 25.3 Å². The van der Waals surface area contributed by atoms with Gasteiger partial charge in [0.15, 0.2) is 11.5 Å². The number of hydrogen-bond donors (Lipinski definition) is 1. The summed E-state index contributed by atoms with van der Waals surface area (Å²) in [5, 5.41) is 0. The Morgan fingerprint density at radius 1 is 1.10 bits per heavy atom. The van der Waals surface area contributed by atoms with Gasteiger partial charge in [0.05, 0.1) is 19.9 Å². The molecular weight excluding hydrogens is 397 g/mol. The summed E-state index contributed by atoms with van der Waals surface area (Å²) in [7, 11) is 3.24. The van der Waals surface area contributed by atoms with E-state index in [-0.39, 0.29) is 23.2 Å². The molecule has 1 aromatic heterocycles. The van der Waals surface area contributed by atoms with Crippen molar-refractivity contribution in [2.75, 3.05) is 27.3 Å². The van der Waals surface area contributed by atoms with Gasteiger partial charge in [0, 0.05) is 43.1 Å². The van der Waals surface area contributed by atoms with Gasteiger partial charge in [0.1, 0.15) is 11.6 Å². The molecule has 1 N–H and O–H groups in total. The van der Waals surface area contributed by atoms with Crippen LogP contribution in [0.5, 0.6) is 11.5 Å². The molecule has 2 atom stereocenters. The van der Waals surface area contributed by atoms with Crippen LogP contribution in [0.1, 0.15) is 34.5 Å². The molecule has 1 fully saturated rings. The van der Waals surface area contributed by atoms with E-state index in [1.165, 1.54) is 12.1 Å². The Balaban J connectivity index is 1.70. The Labute approximate surface area is 180 Å². The van der Waals surface area contributed by atoms with Crippen molar-refractivity contribution in [2.24, 2.45) is 0 Å². The summed E-state index contributed by atoms with van der Waals surface area (Å²) in [5.74, 6) is 1.47. The SMILES string of the molecule is COc1cccc(CN2C[C@@H](c3cc(=O)[nH]c(C)n3)[C@H](c3ccccc3F)C2)c1OC. The number of hydrogen-bond acceptors (Lipinski definition) is 5. The molecule has 31 heavy (non-hydrogen) atoms. The van der Waals surface area contributed by atoms with Gasteiger partial charge in [-0.05, 0) is 24.6 Å². The van der Waals surface area contributed by atoms with Crippen LogP contribution >= 0.6 is 0 Å². The number of ether oxygens (including phenoxy) is 2. The maximum absolute atomic E-state index is 14.7. The standard InChI is InChI=1S/C24H26FN3O3/c1-15-26-21(11-23(29)27-15)19-14-28(13-18(19)17-8-4-5-9-20(17)25)12-16-7-6-10-22(30-2)24(16)31-3/h4-11,18-19H,12-14H2,1-3H3,(H,26,27,29)/t18-,19+/m0/s1. The first kappa shape index (κ1) is 21.1. The minimum atomic E-state index is -0.236. The van der Waals surface area contributed by atoms with E-state index in [9.17, 15) is 9.18 Å². The first-order chi connectivity index (χ1) is 15.0. The maximum atomic E-state index is 14.7. The van der Waals surface area contributed by atoms with Gasteiger partial charge in [-0.25, -0.2) is 9.37 Å². The second-order valence-corrected chi connectivity index (χ2v) is 7.84. The van der Waals surface area contributed by atoms with E-state index in [0.717, 1.165) is 5.56 Å². The highest BCUT2D eigenvalue weighted by molar-refractivity contribution is 5.46. The highest BCUT2D eigenvalue weighted by Gasteiger charge is 2.37. The largest absolute Gasteiger partial charge is 0.493 e. The number of aryl methyl sites for hydroxylation is 1. The third-order valence-electron chi connectivity index (χ3n) is 5.84. The van der Waals surface area contributed by atoms with Crippen LogP contribution in [0.4, 0.5) is 4.39 Å². The number of likely N-dealkylation sites (tertiary alicyclic amines) is 1. The molecule has 0 bridgehead atoms. The molecular formula is C24H26FN3O3. The average Bonchev–Trinajstić information content (AvgIpc) is 3.16. The van der Waals surface area contributed by atoms with E-state index in [0.29, 0.717) is 48.2 Å². The van der Waals surface area contributed by atoms with Crippen molar-refractivity contribution < 1.29 is 13.9 Å². The number of H-pyrrole nitrogens is 1. The Kier molecular flexibility index (Phi) is 6.04. The summed E-state index contributed by atoms with van der Waals surface area (Å²) in [5.41, 5.74) is 2.13. The first-order valence-electron chi connectivity index (χ1n) is 10.2. The van der Waals surface area contributed by atoms with Crippen LogP contribution in [0, 0.1) is 12.7 Å². The highest BCUT2D eigenvalue weighted by atomic mass is 19.1. The molecule has 6 nitrogen and oxygen atoms in total. The monoisotopic (exact) mass is 423 g/mol. The lowest BCUT2D eigenvalue weighted by atomic mass is 9.86. The lowest BCUT2D eigenvalue weighted by Crippen LogP contribution is -2.21. The van der Waals surface area contributed by atoms with Crippen LogP contribution in [0.15, 0.2) is 53.3 Å². The van der Waals surface area contributed by atoms with Crippen molar-refractivity contribution in [3.05, 3.63) is 87.3 Å². The molecule has 1 aliphatic rings. The van der Waals surface area contributed by atoms with Gasteiger partial charge in [0.2, 0.25) is 0 Å². The number of halogens is 1. The Hall–Kier alpha value is -3.19. The van der Waals surface area contributed by atoms with Crippen LogP contribution in [0.25, 0.3) is 0 Å². The second kappa shape index (κ2) is 8.89. The van der Waals surface area contributed by atoms with Crippen molar-refractivity contribution in [1.29, 1.82) is 0 Å². The van der Waals surface area contributed by atoms with E-state index < -0.39 is 0 Å². The summed E-state index contributed by atoms with van der Waals surface area (Å²) in [6, 6.07) is 14.2. The molecule has 4 rings (SSSR count). The van der Waals surface area contributed by atoms with E-state index in [4.69, 9.17) is 9.47 Å². The lowest BCUT2D eigenvalue weighted by Gasteiger charge is -2.19. The fraction of sp³-hybridized carbons (Fsp3) is 0.333. The number of para-hydroxylation sites is 1. The van der Waals surface area contributed by atoms with Crippen LogP contribution in [0.2, 0.25) is 0 Å². The van der Waals surface area contributed by atoms with E-state index in [1.807, 2.05) is 30.3 Å². The smallest absolute Gasteiger partial charge is 0.251 e. The topological polar surface area (TPSA) is 67.5 Å². The Morgan fingerprint density at radius 3 is 2.58 bits per heavy atom. The van der Waals surface area contributed by atoms with Gasteiger partial charge in [-0.2, -0.15) is 0 Å². The Morgan fingerprint density at radius 2 is 1.87 bits per heavy atom. The number of aromatic amines is 1. The summed E-state index contributed by atoms with van der Waals surface area (Å²) in [4.78, 5) is 21.6. The van der Waals surface area contributed by atoms with Crippen molar-refractivity contribution in [3.63, 3.8) is 0 Å². The zero-order valence-electron chi connectivity index (χ0n) is 17.9. The molecule has 1 aliphatic heterocycles. The van der Waals surface area contributed by atoms with Crippen molar-refractivity contribution >= 4 is 0 Å². The van der Waals surface area contributed by atoms with E-state index >= 15 is 0 Å². The second-order valence-electron chi connectivity index (χ2n) is 7.84. The number of benzene rings is 2. The van der Waals surface area contributed by atoms with Crippen LogP contribution in [0.3, 0.4) is 0 Å². The lowest BCUT2D eigenvalue weighted by molar-refractivity contribution is 0.306. The molecule has 1 saturated heterocycles. The Bertz CT molecular complexity index is 1130. The number of nitrogens with zero attached hydrogens (tertiary/aromatic N) is 2. The van der Waals surface area contributed by atoms with E-state index in [1.54, 1.807) is 27.2 Å². The molecule has 2 aromatic carbocycles. The molecule has 3 aromatic rings. The maximum Gasteiger partial charge on any atom is 0.251 e. The van der Waals surface area contributed by atoms with Crippen LogP contribution in [-0.4, -0.2) is 42.2 Å². The number of rotatable bonds is 6. The fourth-order valence-electron chi connectivity index (χ4n) is 4.52. The van der Waals surface area contributed by atoms with Crippen molar-refractivity contribution in [1.82, 2.24) is 14.9 Å². The summed E-state index contributed by atoms with van der Waals surface area (Å²) >= 11 is 0. The van der Waals surface area contributed by atoms with Gasteiger partial charge in [0.25, 0.3) is 5.56 Å². The molecule has 162 valence electrons. The number of methoxy groups -OCH3 is 2. The molecule has 7 heteroatoms. The van der Waals surface area contributed by atoms with Crippen LogP contribution in [-0.2, 0) is 6.54 Å². The minimum Gasteiger partial charge on any atom is -0.493 e. The summed E-state index contributed by atoms with van der Waals surface area (Å²) in [6.07, 6.45) is 0. The molecule has 0 saturated carbocycles. The number of nitrogens with one attached hydrogen (secondary N) is 1. The average molecular weight is 423 g/mol. The normalized spacial score (nSPS) is 18.8. The van der Waals surface area contributed by atoms with Gasteiger partial charge < -0.3 is 14.5 Å². The number of aromatic nitrogens is 2. The quantitative estimate of drug-likeness (QED) is 0.656. The van der Waals surface area contributed by atoms with Gasteiger partial charge >= 0.3 is 0 Å². The molecule has 0 radical (unpaired) electrons. The zero-order valence-corrected chi connectivity index (χ0v) is 17.9. The van der Waals surface area contributed by atoms with Crippen molar-refractivity contribution in [3.8, 4) is 11.5 Å².